The van der Waals surface area contributed by atoms with E-state index < -0.39 is 0 Å². The van der Waals surface area contributed by atoms with E-state index in [1.165, 1.54) is 57.8 Å². The summed E-state index contributed by atoms with van der Waals surface area (Å²) >= 11 is 0. The average molecular weight is 344 g/mol. The molecule has 0 radical (unpaired) electrons. The van der Waals surface area contributed by atoms with E-state index in [1.807, 2.05) is 0 Å². The van der Waals surface area contributed by atoms with Gasteiger partial charge in [0.1, 0.15) is 0 Å². The first-order valence-corrected chi connectivity index (χ1v) is 9.69. The monoisotopic (exact) mass is 343 g/mol. The van der Waals surface area contributed by atoms with Crippen LogP contribution in [0.4, 0.5) is 0 Å². The van der Waals surface area contributed by atoms with Crippen molar-refractivity contribution in [2.45, 2.75) is 63.9 Å². The third kappa shape index (κ3) is 4.23. The van der Waals surface area contributed by atoms with Crippen LogP contribution in [-0.4, -0.2) is 49.0 Å². The van der Waals surface area contributed by atoms with Gasteiger partial charge >= 0.3 is 0 Å². The minimum atomic E-state index is -0.297. The Morgan fingerprint density at radius 2 is 1.57 bits per heavy atom. The highest BCUT2D eigenvalue weighted by atomic mass is 35.5. The SMILES string of the molecule is Cl.OC(COCCC12CC3CC(CC(C3)C1)C2)CN1CCCC1. The molecule has 4 saturated carbocycles. The van der Waals surface area contributed by atoms with Gasteiger partial charge in [0.15, 0.2) is 0 Å². The molecule has 0 amide bonds. The van der Waals surface area contributed by atoms with E-state index in [0.29, 0.717) is 12.0 Å². The molecule has 3 nitrogen and oxygen atoms in total. The molecule has 1 saturated heterocycles. The zero-order chi connectivity index (χ0) is 15.0. The van der Waals surface area contributed by atoms with E-state index >= 15 is 0 Å². The molecule has 0 aromatic rings. The van der Waals surface area contributed by atoms with E-state index in [4.69, 9.17) is 4.74 Å². The van der Waals surface area contributed by atoms with Crippen LogP contribution in [0.5, 0.6) is 0 Å². The lowest BCUT2D eigenvalue weighted by Crippen LogP contribution is -2.46. The third-order valence-corrected chi connectivity index (χ3v) is 6.92. The quantitative estimate of drug-likeness (QED) is 0.718. The van der Waals surface area contributed by atoms with Gasteiger partial charge in [-0.05, 0) is 94.0 Å². The van der Waals surface area contributed by atoms with E-state index in [0.717, 1.165) is 44.0 Å². The normalized spacial score (nSPS) is 40.3. The molecule has 4 aliphatic carbocycles. The van der Waals surface area contributed by atoms with Crippen LogP contribution in [0.25, 0.3) is 0 Å². The predicted molar refractivity (Wildman–Crippen MR) is 95.0 cm³/mol. The summed E-state index contributed by atoms with van der Waals surface area (Å²) in [5.41, 5.74) is 0.620. The van der Waals surface area contributed by atoms with Crippen LogP contribution < -0.4 is 0 Å². The number of nitrogens with zero attached hydrogens (tertiary/aromatic N) is 1. The highest BCUT2D eigenvalue weighted by Gasteiger charge is 2.50. The molecule has 0 aromatic heterocycles. The Kier molecular flexibility index (Phi) is 5.94. The zero-order valence-electron chi connectivity index (χ0n) is 14.4. The van der Waals surface area contributed by atoms with Gasteiger partial charge in [0.2, 0.25) is 0 Å². The first-order valence-electron chi connectivity index (χ1n) is 9.69. The van der Waals surface area contributed by atoms with Crippen molar-refractivity contribution in [1.82, 2.24) is 4.90 Å². The molecule has 1 unspecified atom stereocenters. The number of rotatable bonds is 7. The van der Waals surface area contributed by atoms with E-state index in [1.54, 1.807) is 0 Å². The van der Waals surface area contributed by atoms with Gasteiger partial charge in [-0.3, -0.25) is 0 Å². The summed E-state index contributed by atoms with van der Waals surface area (Å²) in [6.07, 6.45) is 12.5. The van der Waals surface area contributed by atoms with Crippen molar-refractivity contribution in [3.05, 3.63) is 0 Å². The van der Waals surface area contributed by atoms with Crippen LogP contribution in [0.15, 0.2) is 0 Å². The molecule has 134 valence electrons. The number of aliphatic hydroxyl groups is 1. The Morgan fingerprint density at radius 1 is 1.00 bits per heavy atom. The van der Waals surface area contributed by atoms with Gasteiger partial charge in [-0.1, -0.05) is 0 Å². The molecule has 1 N–H and O–H groups in total. The molecule has 1 aliphatic heterocycles. The molecule has 1 heterocycles. The van der Waals surface area contributed by atoms with Gasteiger partial charge in [-0.2, -0.15) is 0 Å². The second kappa shape index (κ2) is 7.59. The maximum atomic E-state index is 10.1. The van der Waals surface area contributed by atoms with Gasteiger partial charge in [-0.15, -0.1) is 12.4 Å². The van der Waals surface area contributed by atoms with Crippen molar-refractivity contribution < 1.29 is 9.84 Å². The summed E-state index contributed by atoms with van der Waals surface area (Å²) < 4.78 is 5.87. The molecule has 5 fully saturated rings. The molecular formula is C19H34ClNO2. The Labute approximate surface area is 147 Å². The van der Waals surface area contributed by atoms with Gasteiger partial charge in [0, 0.05) is 13.2 Å². The number of hydrogen-bond acceptors (Lipinski definition) is 3. The molecular weight excluding hydrogens is 310 g/mol. The fourth-order valence-electron chi connectivity index (χ4n) is 6.42. The summed E-state index contributed by atoms with van der Waals surface area (Å²) in [4.78, 5) is 2.37. The van der Waals surface area contributed by atoms with Crippen LogP contribution in [0.2, 0.25) is 0 Å². The second-order valence-electron chi connectivity index (χ2n) is 8.90. The molecule has 1 atom stereocenters. The summed E-state index contributed by atoms with van der Waals surface area (Å²) in [5, 5.41) is 10.1. The summed E-state index contributed by atoms with van der Waals surface area (Å²) in [6, 6.07) is 0. The Balaban J connectivity index is 0.00000156. The van der Waals surface area contributed by atoms with Gasteiger partial charge in [0.25, 0.3) is 0 Å². The van der Waals surface area contributed by atoms with Crippen LogP contribution >= 0.6 is 12.4 Å². The van der Waals surface area contributed by atoms with Crippen molar-refractivity contribution in [2.75, 3.05) is 32.8 Å². The number of halogens is 1. The van der Waals surface area contributed by atoms with Crippen LogP contribution in [0.1, 0.15) is 57.8 Å². The van der Waals surface area contributed by atoms with Gasteiger partial charge < -0.3 is 14.7 Å². The standard InChI is InChI=1S/C19H33NO2.ClH/c21-18(13-20-4-1-2-5-20)14-22-6-3-19-10-15-7-16(11-19)9-17(8-15)12-19;/h15-18,21H,1-14H2;1H. The third-order valence-electron chi connectivity index (χ3n) is 6.92. The van der Waals surface area contributed by atoms with Crippen LogP contribution in [-0.2, 0) is 4.74 Å². The Morgan fingerprint density at radius 3 is 2.13 bits per heavy atom. The maximum absolute atomic E-state index is 10.1. The molecule has 4 heteroatoms. The average Bonchev–Trinajstić information content (AvgIpc) is 2.95. The molecule has 0 spiro atoms. The number of hydrogen-bond donors (Lipinski definition) is 1. The molecule has 4 bridgehead atoms. The van der Waals surface area contributed by atoms with E-state index in [2.05, 4.69) is 4.90 Å². The smallest absolute Gasteiger partial charge is 0.0900 e. The van der Waals surface area contributed by atoms with E-state index in [9.17, 15) is 5.11 Å². The van der Waals surface area contributed by atoms with Gasteiger partial charge in [-0.25, -0.2) is 0 Å². The van der Waals surface area contributed by atoms with Crippen molar-refractivity contribution >= 4 is 12.4 Å². The first kappa shape index (κ1) is 18.0. The lowest BCUT2D eigenvalue weighted by atomic mass is 9.49. The number of ether oxygens (including phenoxy) is 1. The first-order chi connectivity index (χ1) is 10.7. The fourth-order valence-corrected chi connectivity index (χ4v) is 6.42. The van der Waals surface area contributed by atoms with Crippen LogP contribution in [0, 0.1) is 23.2 Å². The zero-order valence-corrected chi connectivity index (χ0v) is 15.2. The minimum absolute atomic E-state index is 0. The second-order valence-corrected chi connectivity index (χ2v) is 8.90. The summed E-state index contributed by atoms with van der Waals surface area (Å²) in [7, 11) is 0. The number of β-amino-alcohol motifs (C(OH)–C–C–N with tert-alkyl or cyclic N) is 1. The van der Waals surface area contributed by atoms with Crippen molar-refractivity contribution in [3.63, 3.8) is 0 Å². The minimum Gasteiger partial charge on any atom is -0.389 e. The fraction of sp³-hybridized carbons (Fsp3) is 1.00. The maximum Gasteiger partial charge on any atom is 0.0900 e. The predicted octanol–water partition coefficient (Wildman–Crippen LogP) is 3.49. The van der Waals surface area contributed by atoms with E-state index in [-0.39, 0.29) is 18.5 Å². The molecule has 0 aromatic carbocycles. The highest BCUT2D eigenvalue weighted by Crippen LogP contribution is 2.61. The highest BCUT2D eigenvalue weighted by molar-refractivity contribution is 5.85. The van der Waals surface area contributed by atoms with Crippen molar-refractivity contribution in [3.8, 4) is 0 Å². The van der Waals surface area contributed by atoms with Crippen LogP contribution in [0.3, 0.4) is 0 Å². The van der Waals surface area contributed by atoms with Crippen molar-refractivity contribution in [2.24, 2.45) is 23.2 Å². The van der Waals surface area contributed by atoms with Gasteiger partial charge in [0.05, 0.1) is 12.7 Å². The molecule has 5 rings (SSSR count). The summed E-state index contributed by atoms with van der Waals surface area (Å²) in [6.45, 7) is 4.51. The Hall–Kier alpha value is 0.170. The molecule has 23 heavy (non-hydrogen) atoms. The number of likely N-dealkylation sites (tertiary alicyclic amines) is 1. The largest absolute Gasteiger partial charge is 0.389 e. The lowest BCUT2D eigenvalue weighted by Gasteiger charge is -2.57. The van der Waals surface area contributed by atoms with Crippen molar-refractivity contribution in [1.29, 1.82) is 0 Å². The topological polar surface area (TPSA) is 32.7 Å². The Bertz CT molecular complexity index is 348. The molecule has 5 aliphatic rings. The summed E-state index contributed by atoms with van der Waals surface area (Å²) in [5.74, 6) is 3.10. The lowest BCUT2D eigenvalue weighted by molar-refractivity contribution is -0.0739. The number of aliphatic hydroxyl groups excluding tert-OH is 1.